The molecule has 0 spiro atoms. The smallest absolute Gasteiger partial charge is 0.407 e. The first kappa shape index (κ1) is 22.6. The van der Waals surface area contributed by atoms with E-state index in [0.717, 1.165) is 48.0 Å². The lowest BCUT2D eigenvalue weighted by atomic mass is 9.83. The first-order valence-corrected chi connectivity index (χ1v) is 12.2. The largest absolute Gasteiger partial charge is 0.465 e. The van der Waals surface area contributed by atoms with Gasteiger partial charge in [-0.3, -0.25) is 4.79 Å². The molecule has 2 N–H and O–H groups in total. The first-order valence-electron chi connectivity index (χ1n) is 12.2. The lowest BCUT2D eigenvalue weighted by Gasteiger charge is -2.30. The number of fused-ring (bicyclic) bond motifs is 1. The third-order valence-electron chi connectivity index (χ3n) is 7.40. The van der Waals surface area contributed by atoms with Crippen LogP contribution >= 0.6 is 0 Å². The fraction of sp³-hybridized carbons (Fsp3) is 0.640. The highest BCUT2D eigenvalue weighted by molar-refractivity contribution is 5.98. The molecule has 4 rings (SSSR count). The Morgan fingerprint density at radius 1 is 1.09 bits per heavy atom. The number of hydrogen-bond donors (Lipinski definition) is 2. The Labute approximate surface area is 190 Å². The van der Waals surface area contributed by atoms with Crippen molar-refractivity contribution in [2.45, 2.75) is 71.6 Å². The highest BCUT2D eigenvalue weighted by Gasteiger charge is 2.26. The summed E-state index contributed by atoms with van der Waals surface area (Å²) in [7, 11) is 0. The molecule has 3 heterocycles. The van der Waals surface area contributed by atoms with Crippen molar-refractivity contribution >= 4 is 17.5 Å². The quantitative estimate of drug-likeness (QED) is 0.695. The fourth-order valence-corrected chi connectivity index (χ4v) is 5.47. The number of amides is 2. The highest BCUT2D eigenvalue weighted by Crippen LogP contribution is 2.31. The molecule has 2 aromatic rings. The zero-order valence-electron chi connectivity index (χ0n) is 19.4. The van der Waals surface area contributed by atoms with Crippen molar-refractivity contribution in [3.63, 3.8) is 0 Å². The number of nitrogens with one attached hydrogen (secondary N) is 1. The van der Waals surface area contributed by atoms with E-state index < -0.39 is 6.09 Å². The summed E-state index contributed by atoms with van der Waals surface area (Å²) in [4.78, 5) is 26.0. The van der Waals surface area contributed by atoms with Gasteiger partial charge in [0, 0.05) is 25.3 Å². The predicted octanol–water partition coefficient (Wildman–Crippen LogP) is 4.45. The molecule has 32 heavy (non-hydrogen) atoms. The van der Waals surface area contributed by atoms with Gasteiger partial charge in [0.25, 0.3) is 5.91 Å². The minimum Gasteiger partial charge on any atom is -0.465 e. The van der Waals surface area contributed by atoms with Crippen molar-refractivity contribution < 1.29 is 14.7 Å². The van der Waals surface area contributed by atoms with E-state index in [4.69, 9.17) is 10.2 Å². The molecule has 0 radical (unpaired) electrons. The Morgan fingerprint density at radius 3 is 2.47 bits per heavy atom. The fourth-order valence-electron chi connectivity index (χ4n) is 5.47. The third kappa shape index (κ3) is 4.76. The van der Waals surface area contributed by atoms with Gasteiger partial charge in [-0.1, -0.05) is 39.0 Å². The molecule has 1 aliphatic carbocycles. The van der Waals surface area contributed by atoms with Crippen molar-refractivity contribution in [1.82, 2.24) is 19.8 Å². The van der Waals surface area contributed by atoms with Gasteiger partial charge < -0.3 is 15.3 Å². The summed E-state index contributed by atoms with van der Waals surface area (Å²) in [6, 6.07) is 4.26. The molecule has 1 aliphatic heterocycles. The molecule has 7 nitrogen and oxygen atoms in total. The number of carboxylic acid groups (broad SMARTS) is 1. The van der Waals surface area contributed by atoms with Crippen LogP contribution in [-0.4, -0.2) is 51.3 Å². The minimum atomic E-state index is -0.853. The van der Waals surface area contributed by atoms with Gasteiger partial charge in [-0.05, 0) is 62.1 Å². The van der Waals surface area contributed by atoms with E-state index in [0.29, 0.717) is 31.5 Å². The van der Waals surface area contributed by atoms with E-state index >= 15 is 0 Å². The predicted molar refractivity (Wildman–Crippen MR) is 124 cm³/mol. The Morgan fingerprint density at radius 2 is 1.81 bits per heavy atom. The number of likely N-dealkylation sites (tertiary alicyclic amines) is 1. The minimum absolute atomic E-state index is 0.0387. The molecule has 2 fully saturated rings. The molecule has 7 heteroatoms. The van der Waals surface area contributed by atoms with Gasteiger partial charge in [0.05, 0.1) is 16.8 Å². The summed E-state index contributed by atoms with van der Waals surface area (Å²) >= 11 is 0. The summed E-state index contributed by atoms with van der Waals surface area (Å²) in [6.07, 6.45) is 8.91. The zero-order chi connectivity index (χ0) is 22.7. The van der Waals surface area contributed by atoms with Crippen LogP contribution in [0.15, 0.2) is 12.1 Å². The maximum atomic E-state index is 13.4. The van der Waals surface area contributed by atoms with E-state index in [2.05, 4.69) is 24.4 Å². The Balaban J connectivity index is 1.55. The summed E-state index contributed by atoms with van der Waals surface area (Å²) in [5.74, 6) is 0.901. The van der Waals surface area contributed by atoms with E-state index in [1.54, 1.807) is 0 Å². The van der Waals surface area contributed by atoms with Gasteiger partial charge in [0.2, 0.25) is 0 Å². The van der Waals surface area contributed by atoms with Crippen molar-refractivity contribution in [1.29, 1.82) is 0 Å². The summed E-state index contributed by atoms with van der Waals surface area (Å²) in [6.45, 7) is 5.75. The van der Waals surface area contributed by atoms with Crippen LogP contribution in [0.5, 0.6) is 0 Å². The number of carbonyl (C=O) groups is 2. The van der Waals surface area contributed by atoms with Gasteiger partial charge in [-0.2, -0.15) is 5.10 Å². The van der Waals surface area contributed by atoms with Crippen molar-refractivity contribution in [3.05, 3.63) is 34.6 Å². The van der Waals surface area contributed by atoms with Crippen molar-refractivity contribution in [2.75, 3.05) is 19.6 Å². The van der Waals surface area contributed by atoms with Gasteiger partial charge in [0.1, 0.15) is 0 Å². The van der Waals surface area contributed by atoms with E-state index in [1.807, 2.05) is 11.4 Å². The van der Waals surface area contributed by atoms with Crippen LogP contribution < -0.4 is 5.32 Å². The number of carbonyl (C=O) groups excluding carboxylic acids is 1. The molecule has 1 saturated heterocycles. The third-order valence-corrected chi connectivity index (χ3v) is 7.40. The Hall–Kier alpha value is -2.57. The number of aryl methyl sites for hydroxylation is 2. The van der Waals surface area contributed by atoms with Crippen LogP contribution in [0.4, 0.5) is 4.79 Å². The molecule has 1 saturated carbocycles. The van der Waals surface area contributed by atoms with Crippen LogP contribution in [0, 0.1) is 18.8 Å². The molecule has 2 aliphatic rings. The lowest BCUT2D eigenvalue weighted by Crippen LogP contribution is -2.41. The van der Waals surface area contributed by atoms with Gasteiger partial charge >= 0.3 is 6.09 Å². The van der Waals surface area contributed by atoms with Crippen molar-refractivity contribution in [3.8, 4) is 0 Å². The Kier molecular flexibility index (Phi) is 7.01. The normalized spacial score (nSPS) is 18.2. The molecule has 0 bridgehead atoms. The molecular weight excluding hydrogens is 404 g/mol. The summed E-state index contributed by atoms with van der Waals surface area (Å²) < 4.78 is 2.03. The van der Waals surface area contributed by atoms with Crippen LogP contribution in [0.25, 0.3) is 5.52 Å². The highest BCUT2D eigenvalue weighted by atomic mass is 16.4. The molecule has 2 aromatic heterocycles. The SMILES string of the molecule is CCc1ccc2c(CC3CCCCC3)c(C(=O)NCC3CCN(C(=O)O)CC3)c(C)nn12. The van der Waals surface area contributed by atoms with Crippen molar-refractivity contribution in [2.24, 2.45) is 11.8 Å². The number of hydrogen-bond acceptors (Lipinski definition) is 3. The van der Waals surface area contributed by atoms with Crippen LogP contribution in [-0.2, 0) is 12.8 Å². The number of rotatable bonds is 6. The second-order valence-electron chi connectivity index (χ2n) is 9.55. The van der Waals surface area contributed by atoms with Gasteiger partial charge in [0.15, 0.2) is 0 Å². The number of nitrogens with zero attached hydrogens (tertiary/aromatic N) is 3. The molecule has 0 atom stereocenters. The summed E-state index contributed by atoms with van der Waals surface area (Å²) in [5.41, 5.74) is 4.91. The zero-order valence-corrected chi connectivity index (χ0v) is 19.4. The molecule has 174 valence electrons. The lowest BCUT2D eigenvalue weighted by molar-refractivity contribution is 0.0926. The second kappa shape index (κ2) is 9.92. The Bertz CT molecular complexity index is 969. The van der Waals surface area contributed by atoms with Crippen LogP contribution in [0.1, 0.15) is 79.2 Å². The maximum Gasteiger partial charge on any atom is 0.407 e. The molecule has 0 aromatic carbocycles. The van der Waals surface area contributed by atoms with E-state index in [-0.39, 0.29) is 5.91 Å². The molecule has 2 amide bonds. The monoisotopic (exact) mass is 440 g/mol. The second-order valence-corrected chi connectivity index (χ2v) is 9.55. The van der Waals surface area contributed by atoms with E-state index in [9.17, 15) is 9.59 Å². The van der Waals surface area contributed by atoms with Gasteiger partial charge in [-0.15, -0.1) is 0 Å². The van der Waals surface area contributed by atoms with Crippen LogP contribution in [0.2, 0.25) is 0 Å². The first-order chi connectivity index (χ1) is 15.5. The maximum absolute atomic E-state index is 13.4. The number of piperidine rings is 1. The molecular formula is C25H36N4O3. The van der Waals surface area contributed by atoms with Gasteiger partial charge in [-0.25, -0.2) is 9.31 Å². The standard InChI is InChI=1S/C25H36N4O3/c1-3-20-9-10-22-21(15-18-7-5-4-6-8-18)23(17(2)27-29(20)22)24(30)26-16-19-11-13-28(14-12-19)25(31)32/h9-10,18-19H,3-8,11-16H2,1-2H3,(H,26,30)(H,31,32). The average molecular weight is 441 g/mol. The molecule has 0 unspecified atom stereocenters. The topological polar surface area (TPSA) is 86.9 Å². The number of aromatic nitrogens is 2. The van der Waals surface area contributed by atoms with E-state index in [1.165, 1.54) is 42.7 Å². The average Bonchev–Trinajstić information content (AvgIpc) is 3.21. The van der Waals surface area contributed by atoms with Crippen LogP contribution in [0.3, 0.4) is 0 Å². The summed E-state index contributed by atoms with van der Waals surface area (Å²) in [5, 5.41) is 17.1.